The van der Waals surface area contributed by atoms with Gasteiger partial charge in [-0.3, -0.25) is 0 Å². The Balaban J connectivity index is 0. The molecule has 2 rings (SSSR count). The highest BCUT2D eigenvalue weighted by molar-refractivity contribution is 6.51. The van der Waals surface area contributed by atoms with Crippen molar-refractivity contribution in [2.75, 3.05) is 0 Å². The van der Waals surface area contributed by atoms with Crippen molar-refractivity contribution in [3.8, 4) is 5.75 Å². The summed E-state index contributed by atoms with van der Waals surface area (Å²) in [5.41, 5.74) is 1.13. The van der Waals surface area contributed by atoms with E-state index in [-0.39, 0.29) is 0 Å². The van der Waals surface area contributed by atoms with E-state index in [0.717, 1.165) is 5.46 Å². The zero-order valence-corrected chi connectivity index (χ0v) is 14.2. The molecular weight excluding hydrogens is 255 g/mol. The Morgan fingerprint density at radius 1 is 0.762 bits per heavy atom. The number of hydrogen-bond acceptors (Lipinski definition) is 1. The molecule has 2 heteroatoms. The molecule has 0 saturated carbocycles. The Hall–Kier alpha value is -1.70. The first-order valence-corrected chi connectivity index (χ1v) is 7.83. The normalized spacial score (nSPS) is 7.86. The van der Waals surface area contributed by atoms with Crippen LogP contribution in [0.25, 0.3) is 0 Å². The molecule has 0 amide bonds. The maximum Gasteiger partial charge on any atom is 0.148 e. The molecule has 1 N–H and O–H groups in total. The SMILES string of the molecule is CC.CCCC.C[B]c1ccc(O)cc1.c1ccccc1. The van der Waals surface area contributed by atoms with Crippen LogP contribution in [0.5, 0.6) is 5.75 Å². The summed E-state index contributed by atoms with van der Waals surface area (Å²) >= 11 is 0. The van der Waals surface area contributed by atoms with Gasteiger partial charge in [-0.2, -0.15) is 0 Å². The second-order valence-electron chi connectivity index (χ2n) is 4.03. The topological polar surface area (TPSA) is 20.2 Å². The summed E-state index contributed by atoms with van der Waals surface area (Å²) in [5, 5.41) is 8.84. The van der Waals surface area contributed by atoms with Crippen molar-refractivity contribution < 1.29 is 5.11 Å². The van der Waals surface area contributed by atoms with E-state index in [1.165, 1.54) is 12.8 Å². The molecule has 0 saturated heterocycles. The van der Waals surface area contributed by atoms with Crippen LogP contribution in [0.1, 0.15) is 40.5 Å². The summed E-state index contributed by atoms with van der Waals surface area (Å²) in [7, 11) is 1.99. The van der Waals surface area contributed by atoms with E-state index in [1.54, 1.807) is 12.1 Å². The largest absolute Gasteiger partial charge is 0.508 e. The summed E-state index contributed by atoms with van der Waals surface area (Å²) in [6.07, 6.45) is 2.64. The molecule has 0 aliphatic carbocycles. The molecule has 0 fully saturated rings. The first kappa shape index (κ1) is 21.6. The van der Waals surface area contributed by atoms with Gasteiger partial charge in [0.15, 0.2) is 0 Å². The second kappa shape index (κ2) is 18.3. The maximum atomic E-state index is 8.84. The second-order valence-corrected chi connectivity index (χ2v) is 4.03. The lowest BCUT2D eigenvalue weighted by Gasteiger charge is -1.92. The highest BCUT2D eigenvalue weighted by Crippen LogP contribution is 2.01. The van der Waals surface area contributed by atoms with Crippen LogP contribution in [0, 0.1) is 0 Å². The molecule has 0 bridgehead atoms. The van der Waals surface area contributed by atoms with Crippen LogP contribution >= 0.6 is 0 Å². The first-order chi connectivity index (χ1) is 10.2. The third-order valence-electron chi connectivity index (χ3n) is 2.39. The van der Waals surface area contributed by atoms with Gasteiger partial charge in [0, 0.05) is 0 Å². The van der Waals surface area contributed by atoms with Crippen molar-refractivity contribution in [3.05, 3.63) is 60.7 Å². The van der Waals surface area contributed by atoms with Gasteiger partial charge in [0.1, 0.15) is 13.0 Å². The van der Waals surface area contributed by atoms with E-state index < -0.39 is 0 Å². The van der Waals surface area contributed by atoms with E-state index in [1.807, 2.05) is 76.5 Å². The molecular formula is C19H30BO. The lowest BCUT2D eigenvalue weighted by atomic mass is 9.73. The van der Waals surface area contributed by atoms with Crippen LogP contribution in [0.2, 0.25) is 6.82 Å². The third-order valence-corrected chi connectivity index (χ3v) is 2.39. The Kier molecular flexibility index (Phi) is 18.8. The lowest BCUT2D eigenvalue weighted by molar-refractivity contribution is 0.475. The van der Waals surface area contributed by atoms with Crippen LogP contribution < -0.4 is 5.46 Å². The van der Waals surface area contributed by atoms with E-state index in [0.29, 0.717) is 5.75 Å². The molecule has 2 aromatic carbocycles. The summed E-state index contributed by atoms with van der Waals surface area (Å²) in [6, 6.07) is 19.1. The zero-order valence-electron chi connectivity index (χ0n) is 14.2. The van der Waals surface area contributed by atoms with Gasteiger partial charge in [0.05, 0.1) is 0 Å². The van der Waals surface area contributed by atoms with Crippen LogP contribution in [0.15, 0.2) is 60.7 Å². The maximum absolute atomic E-state index is 8.84. The molecule has 1 radical (unpaired) electrons. The van der Waals surface area contributed by atoms with E-state index in [9.17, 15) is 0 Å². The van der Waals surface area contributed by atoms with Gasteiger partial charge in [0.2, 0.25) is 0 Å². The van der Waals surface area contributed by atoms with Crippen LogP contribution in [-0.4, -0.2) is 12.4 Å². The molecule has 1 nitrogen and oxygen atoms in total. The summed E-state index contributed by atoms with van der Waals surface area (Å²) in [5.74, 6) is 0.320. The van der Waals surface area contributed by atoms with E-state index in [4.69, 9.17) is 5.11 Å². The van der Waals surface area contributed by atoms with Gasteiger partial charge in [0.25, 0.3) is 0 Å². The fraction of sp³-hybridized carbons (Fsp3) is 0.368. The Labute approximate surface area is 132 Å². The molecule has 0 heterocycles. The monoisotopic (exact) mass is 285 g/mol. The molecule has 0 aromatic heterocycles. The molecule has 0 spiro atoms. The molecule has 115 valence electrons. The average Bonchev–Trinajstić information content (AvgIpc) is 2.60. The van der Waals surface area contributed by atoms with Crippen molar-refractivity contribution >= 4 is 12.7 Å². The van der Waals surface area contributed by atoms with E-state index in [2.05, 4.69) is 13.8 Å². The summed E-state index contributed by atoms with van der Waals surface area (Å²) in [6.45, 7) is 10.3. The molecule has 0 aliphatic rings. The highest BCUT2D eigenvalue weighted by atomic mass is 16.3. The van der Waals surface area contributed by atoms with Crippen LogP contribution in [0.4, 0.5) is 0 Å². The first-order valence-electron chi connectivity index (χ1n) is 7.83. The fourth-order valence-electron chi connectivity index (χ4n) is 1.05. The predicted octanol–water partition coefficient (Wildman–Crippen LogP) is 5.29. The van der Waals surface area contributed by atoms with Gasteiger partial charge < -0.3 is 5.11 Å². The standard InChI is InChI=1S/C7H8BO.C6H6.C4H10.C2H6/c1-8-6-2-4-7(9)5-3-6;1-2-4-6-5-3-1;1-3-4-2;1-2/h2-5,9H,1H3;1-6H;3-4H2,1-2H3;1-2H3. The number of hydrogen-bond donors (Lipinski definition) is 1. The summed E-state index contributed by atoms with van der Waals surface area (Å²) in [4.78, 5) is 0. The minimum atomic E-state index is 0.320. The van der Waals surface area contributed by atoms with Crippen molar-refractivity contribution in [3.63, 3.8) is 0 Å². The molecule has 0 atom stereocenters. The number of phenols is 1. The fourth-order valence-corrected chi connectivity index (χ4v) is 1.05. The molecule has 2 aromatic rings. The van der Waals surface area contributed by atoms with Crippen molar-refractivity contribution in [1.82, 2.24) is 0 Å². The summed E-state index contributed by atoms with van der Waals surface area (Å²) < 4.78 is 0. The minimum absolute atomic E-state index is 0.320. The zero-order chi connectivity index (χ0) is 16.3. The van der Waals surface area contributed by atoms with Crippen molar-refractivity contribution in [2.45, 2.75) is 47.4 Å². The average molecular weight is 285 g/mol. The van der Waals surface area contributed by atoms with Crippen molar-refractivity contribution in [1.29, 1.82) is 0 Å². The van der Waals surface area contributed by atoms with Gasteiger partial charge >= 0.3 is 0 Å². The lowest BCUT2D eigenvalue weighted by Crippen LogP contribution is -2.07. The van der Waals surface area contributed by atoms with Crippen molar-refractivity contribution in [2.24, 2.45) is 0 Å². The predicted molar refractivity (Wildman–Crippen MR) is 97.7 cm³/mol. The Morgan fingerprint density at radius 2 is 1.10 bits per heavy atom. The van der Waals surface area contributed by atoms with Gasteiger partial charge in [-0.15, -0.1) is 0 Å². The number of unbranched alkanes of at least 4 members (excludes halogenated alkanes) is 1. The highest BCUT2D eigenvalue weighted by Gasteiger charge is 1.87. The number of aromatic hydroxyl groups is 1. The minimum Gasteiger partial charge on any atom is -0.508 e. The number of rotatable bonds is 2. The third kappa shape index (κ3) is 16.3. The van der Waals surface area contributed by atoms with E-state index >= 15 is 0 Å². The smallest absolute Gasteiger partial charge is 0.148 e. The Morgan fingerprint density at radius 3 is 1.33 bits per heavy atom. The molecule has 0 aliphatic heterocycles. The van der Waals surface area contributed by atoms with Gasteiger partial charge in [-0.1, -0.05) is 101 Å². The Bertz CT molecular complexity index is 355. The number of benzene rings is 2. The van der Waals surface area contributed by atoms with Gasteiger partial charge in [-0.25, -0.2) is 0 Å². The molecule has 0 unspecified atom stereocenters. The van der Waals surface area contributed by atoms with Crippen LogP contribution in [0.3, 0.4) is 0 Å². The number of phenolic OH excluding ortho intramolecular Hbond substituents is 1. The quantitative estimate of drug-likeness (QED) is 0.743. The van der Waals surface area contributed by atoms with Gasteiger partial charge in [-0.05, 0) is 12.1 Å². The van der Waals surface area contributed by atoms with Crippen LogP contribution in [-0.2, 0) is 0 Å². The molecule has 21 heavy (non-hydrogen) atoms.